The van der Waals surface area contributed by atoms with Crippen LogP contribution >= 0.6 is 15.9 Å². The van der Waals surface area contributed by atoms with Crippen molar-refractivity contribution >= 4 is 21.7 Å². The highest BCUT2D eigenvalue weighted by Crippen LogP contribution is 2.29. The molecular formula is C11H16BrN3. The molecule has 0 unspecified atom stereocenters. The molecule has 1 aliphatic rings. The third kappa shape index (κ3) is 2.16. The van der Waals surface area contributed by atoms with E-state index in [1.807, 2.05) is 6.20 Å². The van der Waals surface area contributed by atoms with Crippen LogP contribution in [0.3, 0.4) is 0 Å². The van der Waals surface area contributed by atoms with Crippen molar-refractivity contribution in [1.29, 1.82) is 0 Å². The number of aromatic nitrogens is 1. The standard InChI is InChI=1S/C11H16BrN3/c1-15(10-3-2-4-10)11-8(6-13)5-9(12)7-14-11/h5,7,10H,2-4,6,13H2,1H3. The summed E-state index contributed by atoms with van der Waals surface area (Å²) in [5, 5.41) is 0. The molecule has 0 aliphatic heterocycles. The minimum Gasteiger partial charge on any atom is -0.356 e. The topological polar surface area (TPSA) is 42.2 Å². The summed E-state index contributed by atoms with van der Waals surface area (Å²) in [6.07, 6.45) is 5.73. The Kier molecular flexibility index (Phi) is 3.26. The fourth-order valence-electron chi connectivity index (χ4n) is 1.89. The molecule has 0 atom stereocenters. The number of anilines is 1. The van der Waals surface area contributed by atoms with Crippen molar-refractivity contribution in [1.82, 2.24) is 4.98 Å². The maximum atomic E-state index is 5.73. The van der Waals surface area contributed by atoms with Crippen molar-refractivity contribution in [2.45, 2.75) is 31.8 Å². The van der Waals surface area contributed by atoms with Crippen LogP contribution < -0.4 is 10.6 Å². The molecule has 1 heterocycles. The lowest BCUT2D eigenvalue weighted by atomic mass is 9.91. The quantitative estimate of drug-likeness (QED) is 0.916. The highest BCUT2D eigenvalue weighted by molar-refractivity contribution is 9.10. The van der Waals surface area contributed by atoms with E-state index in [2.05, 4.69) is 38.9 Å². The van der Waals surface area contributed by atoms with Crippen LogP contribution in [-0.4, -0.2) is 18.1 Å². The third-order valence-electron chi connectivity index (χ3n) is 3.09. The Bertz CT molecular complexity index is 350. The summed E-state index contributed by atoms with van der Waals surface area (Å²) >= 11 is 3.42. The molecule has 1 saturated carbocycles. The Morgan fingerprint density at radius 3 is 2.87 bits per heavy atom. The molecule has 15 heavy (non-hydrogen) atoms. The van der Waals surface area contributed by atoms with Gasteiger partial charge in [0, 0.05) is 35.9 Å². The maximum Gasteiger partial charge on any atom is 0.133 e. The Hall–Kier alpha value is -0.610. The minimum atomic E-state index is 0.541. The summed E-state index contributed by atoms with van der Waals surface area (Å²) < 4.78 is 0.994. The largest absolute Gasteiger partial charge is 0.356 e. The van der Waals surface area contributed by atoms with E-state index in [0.717, 1.165) is 15.9 Å². The average Bonchev–Trinajstić information content (AvgIpc) is 2.14. The second-order valence-electron chi connectivity index (χ2n) is 4.04. The normalized spacial score (nSPS) is 16.2. The van der Waals surface area contributed by atoms with Crippen LogP contribution in [0.5, 0.6) is 0 Å². The lowest BCUT2D eigenvalue weighted by molar-refractivity contribution is 0.398. The van der Waals surface area contributed by atoms with Gasteiger partial charge >= 0.3 is 0 Å². The molecule has 1 aromatic rings. The Morgan fingerprint density at radius 1 is 1.60 bits per heavy atom. The van der Waals surface area contributed by atoms with E-state index in [9.17, 15) is 0 Å². The lowest BCUT2D eigenvalue weighted by Crippen LogP contribution is -2.38. The molecule has 0 amide bonds. The van der Waals surface area contributed by atoms with E-state index < -0.39 is 0 Å². The van der Waals surface area contributed by atoms with Gasteiger partial charge in [-0.05, 0) is 41.3 Å². The number of rotatable bonds is 3. The fraction of sp³-hybridized carbons (Fsp3) is 0.545. The molecule has 1 aliphatic carbocycles. The summed E-state index contributed by atoms with van der Waals surface area (Å²) in [6, 6.07) is 2.71. The maximum absolute atomic E-state index is 5.73. The molecule has 0 spiro atoms. The Morgan fingerprint density at radius 2 is 2.33 bits per heavy atom. The molecule has 2 N–H and O–H groups in total. The summed E-state index contributed by atoms with van der Waals surface area (Å²) in [6.45, 7) is 0.541. The third-order valence-corrected chi connectivity index (χ3v) is 3.52. The molecule has 0 bridgehead atoms. The number of nitrogens with zero attached hydrogens (tertiary/aromatic N) is 2. The molecule has 0 saturated heterocycles. The zero-order valence-corrected chi connectivity index (χ0v) is 10.5. The summed E-state index contributed by atoms with van der Waals surface area (Å²) in [5.41, 5.74) is 6.84. The Labute approximate surface area is 98.8 Å². The van der Waals surface area contributed by atoms with Crippen LogP contribution in [0.15, 0.2) is 16.7 Å². The van der Waals surface area contributed by atoms with Crippen LogP contribution in [-0.2, 0) is 6.54 Å². The van der Waals surface area contributed by atoms with Crippen LogP contribution in [0.4, 0.5) is 5.82 Å². The van der Waals surface area contributed by atoms with Gasteiger partial charge in [-0.2, -0.15) is 0 Å². The number of pyridine rings is 1. The summed E-state index contributed by atoms with van der Waals surface area (Å²) in [7, 11) is 2.11. The molecule has 1 aromatic heterocycles. The SMILES string of the molecule is CN(c1ncc(Br)cc1CN)C1CCC1. The van der Waals surface area contributed by atoms with E-state index in [-0.39, 0.29) is 0 Å². The van der Waals surface area contributed by atoms with Gasteiger partial charge in [0.15, 0.2) is 0 Å². The summed E-state index contributed by atoms with van der Waals surface area (Å²) in [4.78, 5) is 6.71. The van der Waals surface area contributed by atoms with Crippen molar-refractivity contribution in [3.8, 4) is 0 Å². The van der Waals surface area contributed by atoms with E-state index in [1.54, 1.807) is 0 Å². The fourth-order valence-corrected chi connectivity index (χ4v) is 2.27. The second kappa shape index (κ2) is 4.49. The zero-order chi connectivity index (χ0) is 10.8. The monoisotopic (exact) mass is 269 g/mol. The van der Waals surface area contributed by atoms with Gasteiger partial charge in [-0.3, -0.25) is 0 Å². The van der Waals surface area contributed by atoms with E-state index >= 15 is 0 Å². The van der Waals surface area contributed by atoms with Gasteiger partial charge in [0.25, 0.3) is 0 Å². The number of halogens is 1. The van der Waals surface area contributed by atoms with Gasteiger partial charge in [0.2, 0.25) is 0 Å². The van der Waals surface area contributed by atoms with Gasteiger partial charge in [-0.15, -0.1) is 0 Å². The van der Waals surface area contributed by atoms with E-state index in [0.29, 0.717) is 12.6 Å². The smallest absolute Gasteiger partial charge is 0.133 e. The van der Waals surface area contributed by atoms with Crippen LogP contribution in [0.1, 0.15) is 24.8 Å². The molecule has 0 aromatic carbocycles. The van der Waals surface area contributed by atoms with Gasteiger partial charge < -0.3 is 10.6 Å². The van der Waals surface area contributed by atoms with Crippen molar-refractivity contribution in [3.63, 3.8) is 0 Å². The molecule has 82 valence electrons. The van der Waals surface area contributed by atoms with Gasteiger partial charge in [0.05, 0.1) is 0 Å². The first-order valence-electron chi connectivity index (χ1n) is 5.29. The molecule has 0 radical (unpaired) electrons. The van der Waals surface area contributed by atoms with E-state index in [1.165, 1.54) is 19.3 Å². The molecule has 1 fully saturated rings. The number of hydrogen-bond acceptors (Lipinski definition) is 3. The predicted octanol–water partition coefficient (Wildman–Crippen LogP) is 2.29. The summed E-state index contributed by atoms with van der Waals surface area (Å²) in [5.74, 6) is 1.03. The average molecular weight is 270 g/mol. The Balaban J connectivity index is 2.25. The van der Waals surface area contributed by atoms with Gasteiger partial charge in [0.1, 0.15) is 5.82 Å². The second-order valence-corrected chi connectivity index (χ2v) is 4.95. The van der Waals surface area contributed by atoms with Crippen molar-refractivity contribution in [2.24, 2.45) is 5.73 Å². The molecular weight excluding hydrogens is 254 g/mol. The molecule has 3 nitrogen and oxygen atoms in total. The zero-order valence-electron chi connectivity index (χ0n) is 8.91. The van der Waals surface area contributed by atoms with Crippen LogP contribution in [0.25, 0.3) is 0 Å². The van der Waals surface area contributed by atoms with Crippen LogP contribution in [0, 0.1) is 0 Å². The molecule has 2 rings (SSSR count). The number of hydrogen-bond donors (Lipinski definition) is 1. The first-order chi connectivity index (χ1) is 7.22. The first-order valence-corrected chi connectivity index (χ1v) is 6.09. The van der Waals surface area contributed by atoms with Crippen molar-refractivity contribution in [2.75, 3.05) is 11.9 Å². The number of nitrogens with two attached hydrogens (primary N) is 1. The van der Waals surface area contributed by atoms with Crippen LogP contribution in [0.2, 0.25) is 0 Å². The first kappa shape index (κ1) is 10.9. The lowest BCUT2D eigenvalue weighted by Gasteiger charge is -2.36. The highest BCUT2D eigenvalue weighted by atomic mass is 79.9. The molecule has 4 heteroatoms. The van der Waals surface area contributed by atoms with Gasteiger partial charge in [-0.25, -0.2) is 4.98 Å². The van der Waals surface area contributed by atoms with E-state index in [4.69, 9.17) is 5.73 Å². The minimum absolute atomic E-state index is 0.541. The predicted molar refractivity (Wildman–Crippen MR) is 65.9 cm³/mol. The van der Waals surface area contributed by atoms with Crippen molar-refractivity contribution in [3.05, 3.63) is 22.3 Å². The van der Waals surface area contributed by atoms with Crippen molar-refractivity contribution < 1.29 is 0 Å². The van der Waals surface area contributed by atoms with Gasteiger partial charge in [-0.1, -0.05) is 0 Å². The highest BCUT2D eigenvalue weighted by Gasteiger charge is 2.24.